The molecule has 1 aliphatic heterocycles. The van der Waals surface area contributed by atoms with Crippen molar-refractivity contribution in [3.05, 3.63) is 99.3 Å². The fourth-order valence-electron chi connectivity index (χ4n) is 3.42. The third kappa shape index (κ3) is 6.00. The van der Waals surface area contributed by atoms with Gasteiger partial charge in [0, 0.05) is 12.0 Å². The molecule has 10 heteroatoms. The van der Waals surface area contributed by atoms with Gasteiger partial charge in [0.15, 0.2) is 5.76 Å². The third-order valence-electron chi connectivity index (χ3n) is 5.17. The summed E-state index contributed by atoms with van der Waals surface area (Å²) in [5, 5.41) is 5.98. The summed E-state index contributed by atoms with van der Waals surface area (Å²) < 4.78 is 15.7. The number of amides is 2. The molecule has 1 atom stereocenters. The highest BCUT2D eigenvalue weighted by atomic mass is 35.5. The van der Waals surface area contributed by atoms with Gasteiger partial charge in [0.25, 0.3) is 11.8 Å². The third-order valence-corrected chi connectivity index (χ3v) is 6.35. The first kappa shape index (κ1) is 24.3. The van der Waals surface area contributed by atoms with Crippen LogP contribution in [0.3, 0.4) is 0 Å². The standard InChI is InChI=1S/C25H21ClN2O6S/c1-32-25(31)17-9-7-16(8-10-17)22(29)28-24-18(12-21(26)35-24)23(30)27-19(20-13-33-14-34-20)11-15-5-3-2-4-6-15/h2-10,12-13,19H,11,14H2,1H3,(H,27,30)(H,28,29). The zero-order chi connectivity index (χ0) is 24.8. The Balaban J connectivity index is 1.50. The van der Waals surface area contributed by atoms with E-state index in [9.17, 15) is 14.4 Å². The number of carbonyl (C=O) groups is 3. The van der Waals surface area contributed by atoms with Gasteiger partial charge in [-0.25, -0.2) is 4.79 Å². The van der Waals surface area contributed by atoms with E-state index in [2.05, 4.69) is 15.4 Å². The van der Waals surface area contributed by atoms with Crippen LogP contribution in [-0.4, -0.2) is 37.7 Å². The maximum absolute atomic E-state index is 13.2. The number of ether oxygens (including phenoxy) is 3. The molecule has 4 rings (SSSR count). The van der Waals surface area contributed by atoms with Crippen LogP contribution in [-0.2, 0) is 20.6 Å². The average Bonchev–Trinajstić information content (AvgIpc) is 3.54. The fraction of sp³-hybridized carbons (Fsp3) is 0.160. The van der Waals surface area contributed by atoms with Crippen LogP contribution in [0.5, 0.6) is 0 Å². The van der Waals surface area contributed by atoms with Crippen molar-refractivity contribution < 1.29 is 28.6 Å². The minimum atomic E-state index is -0.502. The van der Waals surface area contributed by atoms with Crippen molar-refractivity contribution >= 4 is 45.7 Å². The van der Waals surface area contributed by atoms with E-state index in [0.29, 0.717) is 32.6 Å². The maximum Gasteiger partial charge on any atom is 0.337 e. The van der Waals surface area contributed by atoms with Crippen LogP contribution in [0.25, 0.3) is 0 Å². The second-order valence-electron chi connectivity index (χ2n) is 7.48. The van der Waals surface area contributed by atoms with E-state index < -0.39 is 23.8 Å². The van der Waals surface area contributed by atoms with Crippen LogP contribution in [0.4, 0.5) is 5.00 Å². The summed E-state index contributed by atoms with van der Waals surface area (Å²) in [5.74, 6) is -0.885. The van der Waals surface area contributed by atoms with Gasteiger partial charge in [-0.1, -0.05) is 41.9 Å². The van der Waals surface area contributed by atoms with E-state index in [0.717, 1.165) is 16.9 Å². The number of anilines is 1. The molecule has 0 spiro atoms. The van der Waals surface area contributed by atoms with Crippen LogP contribution in [0, 0.1) is 0 Å². The normalized spacial score (nSPS) is 13.1. The number of rotatable bonds is 8. The molecular formula is C25H21ClN2O6S. The van der Waals surface area contributed by atoms with Crippen molar-refractivity contribution in [1.29, 1.82) is 0 Å². The SMILES string of the molecule is COC(=O)c1ccc(C(=O)Nc2sc(Cl)cc2C(=O)NC(Cc2ccccc2)C2=COCO2)cc1. The van der Waals surface area contributed by atoms with Crippen molar-refractivity contribution in [1.82, 2.24) is 5.32 Å². The first-order valence-corrected chi connectivity index (χ1v) is 11.7. The molecule has 35 heavy (non-hydrogen) atoms. The lowest BCUT2D eigenvalue weighted by Crippen LogP contribution is -2.38. The molecule has 1 aromatic heterocycles. The lowest BCUT2D eigenvalue weighted by molar-refractivity contribution is 0.0600. The molecule has 1 aliphatic rings. The number of nitrogens with one attached hydrogen (secondary N) is 2. The van der Waals surface area contributed by atoms with Gasteiger partial charge >= 0.3 is 5.97 Å². The Hall–Kier alpha value is -3.82. The van der Waals surface area contributed by atoms with Crippen molar-refractivity contribution in [2.75, 3.05) is 19.2 Å². The quantitative estimate of drug-likeness (QED) is 0.427. The molecule has 0 radical (unpaired) electrons. The summed E-state index contributed by atoms with van der Waals surface area (Å²) in [6.45, 7) is 0.0802. The summed E-state index contributed by atoms with van der Waals surface area (Å²) in [4.78, 5) is 37.6. The van der Waals surface area contributed by atoms with Crippen LogP contribution in [0.15, 0.2) is 72.7 Å². The van der Waals surface area contributed by atoms with Crippen LogP contribution < -0.4 is 10.6 Å². The van der Waals surface area contributed by atoms with Crippen molar-refractivity contribution in [2.45, 2.75) is 12.5 Å². The number of methoxy groups -OCH3 is 1. The second kappa shape index (κ2) is 11.1. The molecule has 0 saturated carbocycles. The summed E-state index contributed by atoms with van der Waals surface area (Å²) >= 11 is 7.25. The summed E-state index contributed by atoms with van der Waals surface area (Å²) in [6.07, 6.45) is 1.96. The number of benzene rings is 2. The predicted octanol–water partition coefficient (Wildman–Crippen LogP) is 4.63. The second-order valence-corrected chi connectivity index (χ2v) is 9.16. The Bertz CT molecular complexity index is 1260. The molecule has 2 heterocycles. The zero-order valence-corrected chi connectivity index (χ0v) is 20.2. The molecule has 0 saturated heterocycles. The van der Waals surface area contributed by atoms with E-state index in [1.807, 2.05) is 30.3 Å². The van der Waals surface area contributed by atoms with Crippen molar-refractivity contribution in [3.8, 4) is 0 Å². The smallest absolute Gasteiger partial charge is 0.337 e. The number of carbonyl (C=O) groups excluding carboxylic acids is 3. The van der Waals surface area contributed by atoms with Gasteiger partial charge in [0.05, 0.1) is 28.6 Å². The molecular weight excluding hydrogens is 492 g/mol. The zero-order valence-electron chi connectivity index (χ0n) is 18.6. The molecule has 0 fully saturated rings. The average molecular weight is 513 g/mol. The number of esters is 1. The van der Waals surface area contributed by atoms with Gasteiger partial charge in [-0.3, -0.25) is 9.59 Å². The molecule has 1 unspecified atom stereocenters. The molecule has 3 aromatic rings. The lowest BCUT2D eigenvalue weighted by Gasteiger charge is -2.19. The van der Waals surface area contributed by atoms with Gasteiger partial charge in [-0.15, -0.1) is 11.3 Å². The molecule has 180 valence electrons. The summed E-state index contributed by atoms with van der Waals surface area (Å²) in [6, 6.07) is 16.6. The topological polar surface area (TPSA) is 103 Å². The highest BCUT2D eigenvalue weighted by molar-refractivity contribution is 7.20. The Morgan fingerprint density at radius 2 is 1.77 bits per heavy atom. The van der Waals surface area contributed by atoms with Gasteiger partial charge in [-0.05, 0) is 35.9 Å². The molecule has 0 aliphatic carbocycles. The Kier molecular flexibility index (Phi) is 7.69. The summed E-state index contributed by atoms with van der Waals surface area (Å²) in [7, 11) is 1.28. The highest BCUT2D eigenvalue weighted by Gasteiger charge is 2.26. The van der Waals surface area contributed by atoms with E-state index in [1.54, 1.807) is 0 Å². The molecule has 2 aromatic carbocycles. The van der Waals surface area contributed by atoms with E-state index in [-0.39, 0.29) is 12.4 Å². The number of thiophene rings is 1. The number of hydrogen-bond acceptors (Lipinski definition) is 7. The molecule has 2 N–H and O–H groups in total. The monoisotopic (exact) mass is 512 g/mol. The van der Waals surface area contributed by atoms with Gasteiger partial charge in [-0.2, -0.15) is 0 Å². The lowest BCUT2D eigenvalue weighted by atomic mass is 10.0. The van der Waals surface area contributed by atoms with Crippen molar-refractivity contribution in [3.63, 3.8) is 0 Å². The fourth-order valence-corrected chi connectivity index (χ4v) is 4.53. The molecule has 0 bridgehead atoms. The molecule has 2 amide bonds. The predicted molar refractivity (Wildman–Crippen MR) is 132 cm³/mol. The van der Waals surface area contributed by atoms with Gasteiger partial charge in [0.1, 0.15) is 11.3 Å². The Morgan fingerprint density at radius 1 is 1.06 bits per heavy atom. The first-order valence-electron chi connectivity index (χ1n) is 10.5. The van der Waals surface area contributed by atoms with E-state index in [4.69, 9.17) is 21.1 Å². The van der Waals surface area contributed by atoms with Crippen LogP contribution in [0.2, 0.25) is 4.34 Å². The summed E-state index contributed by atoms with van der Waals surface area (Å²) in [5.41, 5.74) is 1.84. The van der Waals surface area contributed by atoms with E-state index >= 15 is 0 Å². The van der Waals surface area contributed by atoms with Crippen LogP contribution >= 0.6 is 22.9 Å². The Morgan fingerprint density at radius 3 is 2.43 bits per heavy atom. The van der Waals surface area contributed by atoms with Gasteiger partial charge in [0.2, 0.25) is 6.79 Å². The Labute approximate surface area is 210 Å². The minimum absolute atomic E-state index is 0.0802. The minimum Gasteiger partial charge on any atom is -0.465 e. The number of halogens is 1. The number of hydrogen-bond donors (Lipinski definition) is 2. The van der Waals surface area contributed by atoms with Crippen LogP contribution in [0.1, 0.15) is 36.6 Å². The van der Waals surface area contributed by atoms with Gasteiger partial charge < -0.3 is 24.8 Å². The largest absolute Gasteiger partial charge is 0.465 e. The first-order chi connectivity index (χ1) is 16.9. The van der Waals surface area contributed by atoms with Crippen molar-refractivity contribution in [2.24, 2.45) is 0 Å². The maximum atomic E-state index is 13.2. The highest BCUT2D eigenvalue weighted by Crippen LogP contribution is 2.32. The van der Waals surface area contributed by atoms with E-state index in [1.165, 1.54) is 43.7 Å². The molecule has 8 nitrogen and oxygen atoms in total.